The van der Waals surface area contributed by atoms with Gasteiger partial charge in [-0.15, -0.1) is 0 Å². The van der Waals surface area contributed by atoms with Gasteiger partial charge in [-0.05, 0) is 17.5 Å². The molecular formula is C21H24N6O3. The average molecular weight is 408 g/mol. The molecule has 0 bridgehead atoms. The van der Waals surface area contributed by atoms with Gasteiger partial charge < -0.3 is 20.0 Å². The number of anilines is 1. The summed E-state index contributed by atoms with van der Waals surface area (Å²) in [5.74, 6) is 0.466. The van der Waals surface area contributed by atoms with Crippen molar-refractivity contribution >= 4 is 17.7 Å². The highest BCUT2D eigenvalue weighted by Crippen LogP contribution is 2.25. The molecule has 156 valence electrons. The lowest BCUT2D eigenvalue weighted by atomic mass is 9.93. The molecule has 30 heavy (non-hydrogen) atoms. The van der Waals surface area contributed by atoms with Crippen LogP contribution in [0.15, 0.2) is 28.7 Å². The summed E-state index contributed by atoms with van der Waals surface area (Å²) >= 11 is 0. The summed E-state index contributed by atoms with van der Waals surface area (Å²) in [5, 5.41) is 9.22. The van der Waals surface area contributed by atoms with Gasteiger partial charge in [0.05, 0.1) is 12.6 Å². The van der Waals surface area contributed by atoms with Gasteiger partial charge in [0.2, 0.25) is 23.4 Å². The molecule has 2 aromatic rings. The minimum Gasteiger partial charge on any atom is -0.424 e. The van der Waals surface area contributed by atoms with Crippen LogP contribution in [-0.2, 0) is 22.6 Å². The van der Waals surface area contributed by atoms with Gasteiger partial charge in [0.15, 0.2) is 5.89 Å². The van der Waals surface area contributed by atoms with E-state index in [1.807, 2.05) is 40.1 Å². The number of rotatable bonds is 4. The van der Waals surface area contributed by atoms with E-state index in [1.165, 1.54) is 0 Å². The van der Waals surface area contributed by atoms with E-state index >= 15 is 0 Å². The maximum absolute atomic E-state index is 12.9. The van der Waals surface area contributed by atoms with Crippen LogP contribution in [0.25, 0.3) is 0 Å². The SMILES string of the molecule is Cc1nc(C#N)c(N2CCN(C(=O)CN3Cc4ccccc4C[C@H]3C(N)=O)CC2)o1. The van der Waals surface area contributed by atoms with Crippen molar-refractivity contribution in [1.82, 2.24) is 14.8 Å². The summed E-state index contributed by atoms with van der Waals surface area (Å²) < 4.78 is 5.57. The molecule has 1 atom stereocenters. The number of fused-ring (bicyclic) bond motifs is 1. The lowest BCUT2D eigenvalue weighted by molar-refractivity contribution is -0.135. The molecule has 0 saturated carbocycles. The van der Waals surface area contributed by atoms with Crippen molar-refractivity contribution in [2.45, 2.75) is 25.9 Å². The molecule has 9 heteroatoms. The Bertz CT molecular complexity index is 1000. The van der Waals surface area contributed by atoms with E-state index in [1.54, 1.807) is 11.8 Å². The van der Waals surface area contributed by atoms with Gasteiger partial charge in [-0.1, -0.05) is 24.3 Å². The molecule has 1 saturated heterocycles. The lowest BCUT2D eigenvalue weighted by Gasteiger charge is -2.38. The van der Waals surface area contributed by atoms with Crippen LogP contribution in [0.5, 0.6) is 0 Å². The Morgan fingerprint density at radius 1 is 1.23 bits per heavy atom. The number of carbonyl (C=O) groups is 2. The zero-order valence-corrected chi connectivity index (χ0v) is 16.9. The summed E-state index contributed by atoms with van der Waals surface area (Å²) in [7, 11) is 0. The minimum absolute atomic E-state index is 0.0328. The van der Waals surface area contributed by atoms with E-state index in [9.17, 15) is 14.9 Å². The second-order valence-electron chi connectivity index (χ2n) is 7.66. The van der Waals surface area contributed by atoms with Crippen LogP contribution in [-0.4, -0.2) is 65.4 Å². The summed E-state index contributed by atoms with van der Waals surface area (Å²) in [6.07, 6.45) is 0.522. The second-order valence-corrected chi connectivity index (χ2v) is 7.66. The number of hydrogen-bond acceptors (Lipinski definition) is 7. The Morgan fingerprint density at radius 3 is 2.60 bits per heavy atom. The smallest absolute Gasteiger partial charge is 0.236 e. The number of amides is 2. The van der Waals surface area contributed by atoms with Crippen LogP contribution >= 0.6 is 0 Å². The van der Waals surface area contributed by atoms with Gasteiger partial charge in [-0.25, -0.2) is 4.98 Å². The Balaban J connectivity index is 1.40. The summed E-state index contributed by atoms with van der Waals surface area (Å²) in [6, 6.07) is 9.50. The fourth-order valence-corrected chi connectivity index (χ4v) is 4.16. The zero-order chi connectivity index (χ0) is 21.3. The van der Waals surface area contributed by atoms with Gasteiger partial charge in [0, 0.05) is 39.6 Å². The average Bonchev–Trinajstić information content (AvgIpc) is 3.14. The third-order valence-corrected chi connectivity index (χ3v) is 5.75. The fraction of sp³-hybridized carbons (Fsp3) is 0.429. The largest absolute Gasteiger partial charge is 0.424 e. The molecule has 0 radical (unpaired) electrons. The Hall–Kier alpha value is -3.38. The highest BCUT2D eigenvalue weighted by atomic mass is 16.4. The van der Waals surface area contributed by atoms with Crippen LogP contribution in [0.1, 0.15) is 22.7 Å². The van der Waals surface area contributed by atoms with Crippen molar-refractivity contribution in [3.8, 4) is 6.07 Å². The first kappa shape index (κ1) is 19.9. The number of piperazine rings is 1. The van der Waals surface area contributed by atoms with Crippen molar-refractivity contribution in [2.24, 2.45) is 5.73 Å². The van der Waals surface area contributed by atoms with E-state index < -0.39 is 11.9 Å². The number of benzene rings is 1. The summed E-state index contributed by atoms with van der Waals surface area (Å²) in [4.78, 5) is 34.6. The second kappa shape index (κ2) is 8.16. The first-order chi connectivity index (χ1) is 14.5. The topological polar surface area (TPSA) is 120 Å². The van der Waals surface area contributed by atoms with E-state index in [0.29, 0.717) is 50.9 Å². The van der Waals surface area contributed by atoms with E-state index in [-0.39, 0.29) is 18.1 Å². The number of hydrogen-bond donors (Lipinski definition) is 1. The van der Waals surface area contributed by atoms with Gasteiger partial charge in [0.1, 0.15) is 6.07 Å². The third-order valence-electron chi connectivity index (χ3n) is 5.75. The van der Waals surface area contributed by atoms with Crippen molar-refractivity contribution in [3.63, 3.8) is 0 Å². The van der Waals surface area contributed by atoms with Crippen molar-refractivity contribution in [2.75, 3.05) is 37.6 Å². The first-order valence-electron chi connectivity index (χ1n) is 9.96. The van der Waals surface area contributed by atoms with Crippen LogP contribution < -0.4 is 10.6 Å². The maximum Gasteiger partial charge on any atom is 0.236 e. The van der Waals surface area contributed by atoms with Crippen LogP contribution in [0, 0.1) is 18.3 Å². The number of nitrogens with zero attached hydrogens (tertiary/aromatic N) is 5. The van der Waals surface area contributed by atoms with Gasteiger partial charge in [-0.2, -0.15) is 5.26 Å². The highest BCUT2D eigenvalue weighted by Gasteiger charge is 2.33. The molecule has 2 aliphatic rings. The number of primary amides is 1. The molecular weight excluding hydrogens is 384 g/mol. The standard InChI is InChI=1S/C21H24N6O3/c1-14-24-17(11-22)21(30-14)26-8-6-25(7-9-26)19(28)13-27-12-16-5-3-2-4-15(16)10-18(27)20(23)29/h2-5,18H,6-10,12-13H2,1H3,(H2,23,29)/t18-/m0/s1. The molecule has 1 aromatic heterocycles. The Kier molecular flexibility index (Phi) is 5.42. The predicted octanol–water partition coefficient (Wildman–Crippen LogP) is 0.416. The molecule has 9 nitrogen and oxygen atoms in total. The molecule has 2 amide bonds. The number of aryl methyl sites for hydroxylation is 1. The third kappa shape index (κ3) is 3.86. The predicted molar refractivity (Wildman–Crippen MR) is 108 cm³/mol. The first-order valence-corrected chi connectivity index (χ1v) is 9.96. The molecule has 4 rings (SSSR count). The van der Waals surface area contributed by atoms with E-state index in [4.69, 9.17) is 10.2 Å². The zero-order valence-electron chi connectivity index (χ0n) is 16.9. The van der Waals surface area contributed by atoms with Crippen molar-refractivity contribution in [1.29, 1.82) is 5.26 Å². The van der Waals surface area contributed by atoms with Crippen LogP contribution in [0.3, 0.4) is 0 Å². The highest BCUT2D eigenvalue weighted by molar-refractivity contribution is 5.83. The molecule has 1 fully saturated rings. The van der Waals surface area contributed by atoms with Crippen LogP contribution in [0.4, 0.5) is 5.88 Å². The van der Waals surface area contributed by atoms with Crippen LogP contribution in [0.2, 0.25) is 0 Å². The van der Waals surface area contributed by atoms with Gasteiger partial charge >= 0.3 is 0 Å². The number of nitrogens with two attached hydrogens (primary N) is 1. The molecule has 0 unspecified atom stereocenters. The molecule has 0 aliphatic carbocycles. The van der Waals surface area contributed by atoms with E-state index in [0.717, 1.165) is 11.1 Å². The Labute approximate surface area is 174 Å². The molecule has 2 N–H and O–H groups in total. The van der Waals surface area contributed by atoms with Gasteiger partial charge in [0.25, 0.3) is 0 Å². The quantitative estimate of drug-likeness (QED) is 0.778. The fourth-order valence-electron chi connectivity index (χ4n) is 4.16. The van der Waals surface area contributed by atoms with Crippen molar-refractivity contribution < 1.29 is 14.0 Å². The molecule has 3 heterocycles. The Morgan fingerprint density at radius 2 is 1.93 bits per heavy atom. The normalized spacial score (nSPS) is 19.3. The maximum atomic E-state index is 12.9. The number of aromatic nitrogens is 1. The molecule has 0 spiro atoms. The lowest BCUT2D eigenvalue weighted by Crippen LogP contribution is -2.55. The molecule has 1 aromatic carbocycles. The summed E-state index contributed by atoms with van der Waals surface area (Å²) in [5.41, 5.74) is 8.12. The molecule has 2 aliphatic heterocycles. The summed E-state index contributed by atoms with van der Waals surface area (Å²) in [6.45, 7) is 4.50. The van der Waals surface area contributed by atoms with E-state index in [2.05, 4.69) is 4.98 Å². The number of oxazole rings is 1. The monoisotopic (exact) mass is 408 g/mol. The van der Waals surface area contributed by atoms with Gasteiger partial charge in [-0.3, -0.25) is 14.5 Å². The van der Waals surface area contributed by atoms with Crippen molar-refractivity contribution in [3.05, 3.63) is 47.0 Å². The number of nitriles is 1. The number of carbonyl (C=O) groups excluding carboxylic acids is 2. The minimum atomic E-state index is -0.486.